The van der Waals surface area contributed by atoms with Crippen LogP contribution < -0.4 is 14.8 Å². The third-order valence-corrected chi connectivity index (χ3v) is 4.76. The molecule has 144 valence electrons. The van der Waals surface area contributed by atoms with Gasteiger partial charge in [0.05, 0.1) is 13.7 Å². The number of nitrogens with zero attached hydrogens (tertiary/aromatic N) is 1. The third kappa shape index (κ3) is 5.13. The van der Waals surface area contributed by atoms with Gasteiger partial charge >= 0.3 is 0 Å². The Balaban J connectivity index is 1.78. The van der Waals surface area contributed by atoms with Crippen LogP contribution in [0.4, 0.5) is 0 Å². The highest BCUT2D eigenvalue weighted by molar-refractivity contribution is 6.04. The van der Waals surface area contributed by atoms with E-state index < -0.39 is 5.41 Å². The number of benzene rings is 1. The van der Waals surface area contributed by atoms with E-state index in [0.29, 0.717) is 24.8 Å². The van der Waals surface area contributed by atoms with Gasteiger partial charge in [-0.15, -0.1) is 0 Å². The van der Waals surface area contributed by atoms with Crippen LogP contribution in [0.2, 0.25) is 0 Å². The predicted molar refractivity (Wildman–Crippen MR) is 100 cm³/mol. The van der Waals surface area contributed by atoms with E-state index in [0.717, 1.165) is 31.7 Å². The van der Waals surface area contributed by atoms with Gasteiger partial charge in [0.15, 0.2) is 0 Å². The lowest BCUT2D eigenvalue weighted by Crippen LogP contribution is -2.52. The minimum atomic E-state index is -1.07. The number of hydrogen-bond acceptors (Lipinski definition) is 4. The standard InChI is InChI=1S/C20H30N2O4/c1-15-6-5-12-22(14-15)19(24)20(2,3)18(23)21-11-13-26-17-9-7-16(25-4)8-10-17/h7-10,15H,5-6,11-14H2,1-4H3,(H,21,23). The molecule has 1 aliphatic heterocycles. The Morgan fingerprint density at radius 1 is 1.23 bits per heavy atom. The highest BCUT2D eigenvalue weighted by atomic mass is 16.5. The minimum Gasteiger partial charge on any atom is -0.497 e. The molecule has 6 heteroatoms. The Morgan fingerprint density at radius 3 is 2.50 bits per heavy atom. The summed E-state index contributed by atoms with van der Waals surface area (Å²) in [5, 5.41) is 2.81. The second-order valence-corrected chi connectivity index (χ2v) is 7.40. The average Bonchev–Trinajstić information content (AvgIpc) is 2.64. The van der Waals surface area contributed by atoms with Gasteiger partial charge in [0.1, 0.15) is 23.5 Å². The fraction of sp³-hybridized carbons (Fsp3) is 0.600. The van der Waals surface area contributed by atoms with Gasteiger partial charge in [-0.2, -0.15) is 0 Å². The van der Waals surface area contributed by atoms with Crippen molar-refractivity contribution in [3.8, 4) is 11.5 Å². The molecule has 1 aliphatic rings. The number of amides is 2. The molecule has 1 fully saturated rings. The molecule has 0 aliphatic carbocycles. The Bertz CT molecular complexity index is 613. The molecule has 2 amide bonds. The van der Waals surface area contributed by atoms with Gasteiger partial charge in [0, 0.05) is 13.1 Å². The van der Waals surface area contributed by atoms with Crippen molar-refractivity contribution in [3.63, 3.8) is 0 Å². The number of rotatable bonds is 7. The summed E-state index contributed by atoms with van der Waals surface area (Å²) in [5.41, 5.74) is -1.07. The molecular weight excluding hydrogens is 332 g/mol. The summed E-state index contributed by atoms with van der Waals surface area (Å²) in [4.78, 5) is 27.1. The van der Waals surface area contributed by atoms with Crippen LogP contribution in [0, 0.1) is 11.3 Å². The monoisotopic (exact) mass is 362 g/mol. The zero-order chi connectivity index (χ0) is 19.2. The first-order chi connectivity index (χ1) is 12.3. The van der Waals surface area contributed by atoms with E-state index in [-0.39, 0.29) is 11.8 Å². The summed E-state index contributed by atoms with van der Waals surface area (Å²) in [7, 11) is 1.61. The Labute approximate surface area is 155 Å². The molecule has 1 saturated heterocycles. The van der Waals surface area contributed by atoms with Gasteiger partial charge in [-0.3, -0.25) is 9.59 Å². The molecule has 0 spiro atoms. The van der Waals surface area contributed by atoms with Crippen molar-refractivity contribution in [2.75, 3.05) is 33.4 Å². The van der Waals surface area contributed by atoms with E-state index in [9.17, 15) is 9.59 Å². The Kier molecular flexibility index (Phi) is 6.89. The summed E-state index contributed by atoms with van der Waals surface area (Å²) >= 11 is 0. The second-order valence-electron chi connectivity index (χ2n) is 7.40. The SMILES string of the molecule is COc1ccc(OCCNC(=O)C(C)(C)C(=O)N2CCCC(C)C2)cc1. The highest BCUT2D eigenvalue weighted by Crippen LogP contribution is 2.24. The van der Waals surface area contributed by atoms with Crippen LogP contribution in [-0.4, -0.2) is 50.1 Å². The van der Waals surface area contributed by atoms with Gasteiger partial charge < -0.3 is 19.7 Å². The van der Waals surface area contributed by atoms with Crippen molar-refractivity contribution in [2.45, 2.75) is 33.6 Å². The molecule has 1 aromatic carbocycles. The molecular formula is C20H30N2O4. The molecule has 2 rings (SSSR count). The number of nitrogens with one attached hydrogen (secondary N) is 1. The van der Waals surface area contributed by atoms with Crippen LogP contribution in [0.3, 0.4) is 0 Å². The second kappa shape index (κ2) is 8.92. The molecule has 1 atom stereocenters. The van der Waals surface area contributed by atoms with Crippen LogP contribution in [0.25, 0.3) is 0 Å². The normalized spacial score (nSPS) is 17.5. The van der Waals surface area contributed by atoms with Crippen molar-refractivity contribution in [3.05, 3.63) is 24.3 Å². The lowest BCUT2D eigenvalue weighted by molar-refractivity contribution is -0.149. The molecule has 0 bridgehead atoms. The molecule has 0 radical (unpaired) electrons. The number of carbonyl (C=O) groups excluding carboxylic acids is 2. The van der Waals surface area contributed by atoms with E-state index >= 15 is 0 Å². The Morgan fingerprint density at radius 2 is 1.88 bits per heavy atom. The lowest BCUT2D eigenvalue weighted by atomic mass is 9.88. The van der Waals surface area contributed by atoms with Crippen molar-refractivity contribution in [1.82, 2.24) is 10.2 Å². The molecule has 6 nitrogen and oxygen atoms in total. The van der Waals surface area contributed by atoms with Gasteiger partial charge in [-0.25, -0.2) is 0 Å². The number of piperidine rings is 1. The number of likely N-dealkylation sites (tertiary alicyclic amines) is 1. The quantitative estimate of drug-likeness (QED) is 0.598. The van der Waals surface area contributed by atoms with Crippen molar-refractivity contribution < 1.29 is 19.1 Å². The summed E-state index contributed by atoms with van der Waals surface area (Å²) in [6, 6.07) is 7.25. The number of ether oxygens (including phenoxy) is 2. The molecule has 1 N–H and O–H groups in total. The predicted octanol–water partition coefficient (Wildman–Crippen LogP) is 2.47. The summed E-state index contributed by atoms with van der Waals surface area (Å²) < 4.78 is 10.7. The van der Waals surface area contributed by atoms with E-state index in [1.54, 1.807) is 21.0 Å². The minimum absolute atomic E-state index is 0.0994. The van der Waals surface area contributed by atoms with Crippen LogP contribution in [-0.2, 0) is 9.59 Å². The topological polar surface area (TPSA) is 67.9 Å². The molecule has 1 unspecified atom stereocenters. The first-order valence-corrected chi connectivity index (χ1v) is 9.19. The fourth-order valence-corrected chi connectivity index (χ4v) is 3.09. The van der Waals surface area contributed by atoms with Crippen LogP contribution in [0.5, 0.6) is 11.5 Å². The van der Waals surface area contributed by atoms with Gasteiger partial charge in [0.2, 0.25) is 11.8 Å². The Hall–Kier alpha value is -2.24. The molecule has 0 aromatic heterocycles. The van der Waals surface area contributed by atoms with Gasteiger partial charge in [0.25, 0.3) is 0 Å². The summed E-state index contributed by atoms with van der Waals surface area (Å²) in [6.45, 7) is 7.67. The first-order valence-electron chi connectivity index (χ1n) is 9.19. The maximum atomic E-state index is 12.7. The van der Waals surface area contributed by atoms with E-state index in [1.807, 2.05) is 29.2 Å². The third-order valence-electron chi connectivity index (χ3n) is 4.76. The first kappa shape index (κ1) is 20.1. The van der Waals surface area contributed by atoms with Crippen LogP contribution in [0.1, 0.15) is 33.6 Å². The zero-order valence-electron chi connectivity index (χ0n) is 16.2. The molecule has 1 heterocycles. The molecule has 26 heavy (non-hydrogen) atoms. The van der Waals surface area contributed by atoms with Gasteiger partial charge in [-0.1, -0.05) is 6.92 Å². The maximum absolute atomic E-state index is 12.7. The van der Waals surface area contributed by atoms with E-state index in [2.05, 4.69) is 12.2 Å². The van der Waals surface area contributed by atoms with Crippen molar-refractivity contribution >= 4 is 11.8 Å². The van der Waals surface area contributed by atoms with Crippen LogP contribution in [0.15, 0.2) is 24.3 Å². The van der Waals surface area contributed by atoms with E-state index in [1.165, 1.54) is 0 Å². The van der Waals surface area contributed by atoms with Gasteiger partial charge in [-0.05, 0) is 56.9 Å². The number of hydrogen-bond donors (Lipinski definition) is 1. The fourth-order valence-electron chi connectivity index (χ4n) is 3.09. The largest absolute Gasteiger partial charge is 0.497 e. The zero-order valence-corrected chi connectivity index (χ0v) is 16.2. The lowest BCUT2D eigenvalue weighted by Gasteiger charge is -2.36. The number of methoxy groups -OCH3 is 1. The molecule has 1 aromatic rings. The summed E-state index contributed by atoms with van der Waals surface area (Å²) in [5.74, 6) is 1.59. The maximum Gasteiger partial charge on any atom is 0.237 e. The van der Waals surface area contributed by atoms with Crippen LogP contribution >= 0.6 is 0 Å². The van der Waals surface area contributed by atoms with E-state index in [4.69, 9.17) is 9.47 Å². The van der Waals surface area contributed by atoms with Crippen molar-refractivity contribution in [1.29, 1.82) is 0 Å². The van der Waals surface area contributed by atoms with Crippen molar-refractivity contribution in [2.24, 2.45) is 11.3 Å². The molecule has 0 saturated carbocycles. The highest BCUT2D eigenvalue weighted by Gasteiger charge is 2.39. The average molecular weight is 362 g/mol. The number of carbonyl (C=O) groups is 2. The summed E-state index contributed by atoms with van der Waals surface area (Å²) in [6.07, 6.45) is 2.14. The smallest absolute Gasteiger partial charge is 0.237 e.